The third kappa shape index (κ3) is 93.6. The Morgan fingerprint density at radius 2 is 1.00 bits per heavy atom. The lowest BCUT2D eigenvalue weighted by Gasteiger charge is -1.75. The monoisotopic (exact) mass is 108 g/mol. The van der Waals surface area contributed by atoms with Crippen LogP contribution in [-0.2, 0) is 0 Å². The van der Waals surface area contributed by atoms with Crippen LogP contribution in [-0.4, -0.2) is 8.80 Å². The Balaban J connectivity index is 0. The molecule has 2 heteroatoms. The number of hydrogen-bond acceptors (Lipinski definition) is 0. The highest BCUT2D eigenvalue weighted by Crippen LogP contribution is 1.68. The first-order valence-corrected chi connectivity index (χ1v) is 5.20. The van der Waals surface area contributed by atoms with E-state index in [0.29, 0.717) is 0 Å². The van der Waals surface area contributed by atoms with E-state index in [1.54, 1.807) is 0 Å². The summed E-state index contributed by atoms with van der Waals surface area (Å²) in [5.41, 5.74) is 0. The van der Waals surface area contributed by atoms with Crippen LogP contribution in [0.2, 0.25) is 19.6 Å². The standard InChI is InChI=1S/C3H10Si.H2S/c1-4(2)3;/h4H,1-3H3;1H2. The average Bonchev–Trinajstić information content (AvgIpc) is 0.811. The molecule has 0 unspecified atom stereocenters. The van der Waals surface area contributed by atoms with Gasteiger partial charge in [-0.3, -0.25) is 0 Å². The fourth-order valence-electron chi connectivity index (χ4n) is 0. The molecule has 0 aliphatic heterocycles. The van der Waals surface area contributed by atoms with Gasteiger partial charge >= 0.3 is 0 Å². The van der Waals surface area contributed by atoms with Gasteiger partial charge in [0, 0.05) is 8.80 Å². The molecule has 0 aromatic rings. The molecule has 0 aliphatic rings. The second-order valence-corrected chi connectivity index (χ2v) is 5.20. The molecule has 0 amide bonds. The summed E-state index contributed by atoms with van der Waals surface area (Å²) in [6, 6.07) is 0. The van der Waals surface area contributed by atoms with Crippen molar-refractivity contribution in [3.63, 3.8) is 0 Å². The maximum Gasteiger partial charge on any atom is 0.0274 e. The minimum absolute atomic E-state index is 0. The van der Waals surface area contributed by atoms with E-state index in [0.717, 1.165) is 0 Å². The van der Waals surface area contributed by atoms with Crippen LogP contribution in [0, 0.1) is 0 Å². The number of hydrogen-bond donors (Lipinski definition) is 0. The molecule has 0 rings (SSSR count). The molecule has 5 heavy (non-hydrogen) atoms. The van der Waals surface area contributed by atoms with Crippen molar-refractivity contribution in [2.24, 2.45) is 0 Å². The molecule has 0 aromatic heterocycles. The SMILES string of the molecule is C[SiH](C)C.S. The third-order valence-corrected chi connectivity index (χ3v) is 0. The zero-order valence-corrected chi connectivity index (χ0v) is 6.23. The summed E-state index contributed by atoms with van der Waals surface area (Å²) < 4.78 is 0. The maximum absolute atomic E-state index is 2.31. The highest BCUT2D eigenvalue weighted by Gasteiger charge is 1.71. The molecule has 0 saturated carbocycles. The van der Waals surface area contributed by atoms with Crippen molar-refractivity contribution >= 4 is 22.3 Å². The van der Waals surface area contributed by atoms with Crippen LogP contribution in [0.1, 0.15) is 0 Å². The van der Waals surface area contributed by atoms with Gasteiger partial charge in [0.25, 0.3) is 0 Å². The van der Waals surface area contributed by atoms with Crippen LogP contribution in [0.3, 0.4) is 0 Å². The van der Waals surface area contributed by atoms with Gasteiger partial charge in [-0.2, -0.15) is 13.5 Å². The van der Waals surface area contributed by atoms with Gasteiger partial charge in [0.1, 0.15) is 0 Å². The summed E-state index contributed by atoms with van der Waals surface area (Å²) >= 11 is 0. The van der Waals surface area contributed by atoms with Gasteiger partial charge in [-0.05, 0) is 0 Å². The largest absolute Gasteiger partial charge is 0.197 e. The Morgan fingerprint density at radius 1 is 1.00 bits per heavy atom. The van der Waals surface area contributed by atoms with Crippen molar-refractivity contribution in [2.45, 2.75) is 19.6 Å². The number of rotatable bonds is 0. The van der Waals surface area contributed by atoms with Crippen molar-refractivity contribution in [1.29, 1.82) is 0 Å². The van der Waals surface area contributed by atoms with Crippen LogP contribution in [0.25, 0.3) is 0 Å². The molecular formula is C3H12SSi. The van der Waals surface area contributed by atoms with E-state index in [1.165, 1.54) is 0 Å². The summed E-state index contributed by atoms with van der Waals surface area (Å²) in [5.74, 6) is 0. The van der Waals surface area contributed by atoms with Gasteiger partial charge in [0.15, 0.2) is 0 Å². The molecular weight excluding hydrogens is 96.2 g/mol. The molecule has 0 aromatic carbocycles. The van der Waals surface area contributed by atoms with Crippen molar-refractivity contribution < 1.29 is 0 Å². The first-order chi connectivity index (χ1) is 1.73. The Bertz CT molecular complexity index is 11.6. The molecule has 0 fully saturated rings. The lowest BCUT2D eigenvalue weighted by Crippen LogP contribution is -1.84. The topological polar surface area (TPSA) is 0 Å². The summed E-state index contributed by atoms with van der Waals surface area (Å²) in [6.07, 6.45) is 0. The average molecular weight is 108 g/mol. The Kier molecular flexibility index (Phi) is 8.34. The van der Waals surface area contributed by atoms with E-state index in [2.05, 4.69) is 19.6 Å². The Labute approximate surface area is 42.6 Å². The molecule has 0 spiro atoms. The van der Waals surface area contributed by atoms with E-state index < -0.39 is 0 Å². The molecule has 0 atom stereocenters. The van der Waals surface area contributed by atoms with Gasteiger partial charge in [-0.25, -0.2) is 0 Å². The fraction of sp³-hybridized carbons (Fsp3) is 1.00. The minimum atomic E-state index is -0.139. The van der Waals surface area contributed by atoms with E-state index in [4.69, 9.17) is 0 Å². The first kappa shape index (κ1) is 9.13. The van der Waals surface area contributed by atoms with E-state index in [9.17, 15) is 0 Å². The smallest absolute Gasteiger partial charge is 0.0274 e. The molecule has 34 valence electrons. The Hall–Kier alpha value is 0.567. The molecule has 0 N–H and O–H groups in total. The van der Waals surface area contributed by atoms with E-state index in [1.807, 2.05) is 0 Å². The third-order valence-electron chi connectivity index (χ3n) is 0. The molecule has 0 nitrogen and oxygen atoms in total. The van der Waals surface area contributed by atoms with Gasteiger partial charge < -0.3 is 0 Å². The highest BCUT2D eigenvalue weighted by molar-refractivity contribution is 7.59. The zero-order chi connectivity index (χ0) is 3.58. The van der Waals surface area contributed by atoms with Crippen LogP contribution in [0.15, 0.2) is 0 Å². The second-order valence-electron chi connectivity index (χ2n) is 1.73. The summed E-state index contributed by atoms with van der Waals surface area (Å²) in [4.78, 5) is 0. The zero-order valence-electron chi connectivity index (χ0n) is 4.08. The van der Waals surface area contributed by atoms with Gasteiger partial charge in [0.2, 0.25) is 0 Å². The van der Waals surface area contributed by atoms with Gasteiger partial charge in [-0.15, -0.1) is 0 Å². The van der Waals surface area contributed by atoms with Crippen LogP contribution < -0.4 is 0 Å². The van der Waals surface area contributed by atoms with Crippen LogP contribution >= 0.6 is 13.5 Å². The summed E-state index contributed by atoms with van der Waals surface area (Å²) in [6.45, 7) is 6.92. The first-order valence-electron chi connectivity index (χ1n) is 1.73. The van der Waals surface area contributed by atoms with Gasteiger partial charge in [-0.1, -0.05) is 19.6 Å². The summed E-state index contributed by atoms with van der Waals surface area (Å²) in [5, 5.41) is 0. The normalized spacial score (nSPS) is 7.20. The van der Waals surface area contributed by atoms with Crippen molar-refractivity contribution in [1.82, 2.24) is 0 Å². The lowest BCUT2D eigenvalue weighted by molar-refractivity contribution is 1.91. The lowest BCUT2D eigenvalue weighted by atomic mass is 11.8. The van der Waals surface area contributed by atoms with Gasteiger partial charge in [0.05, 0.1) is 0 Å². The van der Waals surface area contributed by atoms with Crippen molar-refractivity contribution in [3.05, 3.63) is 0 Å². The summed E-state index contributed by atoms with van der Waals surface area (Å²) in [7, 11) is -0.139. The molecule has 0 saturated heterocycles. The van der Waals surface area contributed by atoms with E-state index in [-0.39, 0.29) is 22.3 Å². The molecule has 0 heterocycles. The molecule has 0 bridgehead atoms. The van der Waals surface area contributed by atoms with Crippen molar-refractivity contribution in [2.75, 3.05) is 0 Å². The fourth-order valence-corrected chi connectivity index (χ4v) is 0. The predicted octanol–water partition coefficient (Wildman–Crippen LogP) is 1.22. The minimum Gasteiger partial charge on any atom is -0.197 e. The highest BCUT2D eigenvalue weighted by atomic mass is 32.1. The second kappa shape index (κ2) is 4.57. The molecule has 0 radical (unpaired) electrons. The van der Waals surface area contributed by atoms with Crippen LogP contribution in [0.4, 0.5) is 0 Å². The quantitative estimate of drug-likeness (QED) is 0.409. The maximum atomic E-state index is 2.31. The molecule has 0 aliphatic carbocycles. The Morgan fingerprint density at radius 3 is 1.00 bits per heavy atom. The predicted molar refractivity (Wildman–Crippen MR) is 35.1 cm³/mol. The van der Waals surface area contributed by atoms with Crippen molar-refractivity contribution in [3.8, 4) is 0 Å². The van der Waals surface area contributed by atoms with E-state index >= 15 is 0 Å². The van der Waals surface area contributed by atoms with Crippen LogP contribution in [0.5, 0.6) is 0 Å².